The third kappa shape index (κ3) is 5.03. The first kappa shape index (κ1) is 21.1. The van der Waals surface area contributed by atoms with Gasteiger partial charge in [-0.1, -0.05) is 13.8 Å². The molecule has 0 aliphatic carbocycles. The molecule has 0 aliphatic heterocycles. The quantitative estimate of drug-likeness (QED) is 0.445. The molecule has 25 heavy (non-hydrogen) atoms. The number of carbonyl (C=O) groups is 2. The molecular weight excluding hydrogens is 373 g/mol. The Bertz CT molecular complexity index is 676. The molecule has 1 rings (SSSR count). The fraction of sp³-hybridized carbons (Fsp3) is 0.500. The molecule has 0 saturated carbocycles. The van der Waals surface area contributed by atoms with Crippen molar-refractivity contribution < 1.29 is 41.4 Å². The summed E-state index contributed by atoms with van der Waals surface area (Å²) in [6.07, 6.45) is -8.97. The van der Waals surface area contributed by atoms with Crippen LogP contribution >= 0.6 is 11.8 Å². The summed E-state index contributed by atoms with van der Waals surface area (Å²) in [5, 5.41) is 8.08. The van der Waals surface area contributed by atoms with Gasteiger partial charge in [-0.05, 0) is 29.7 Å². The Morgan fingerprint density at radius 3 is 2.20 bits per heavy atom. The minimum atomic E-state index is -5.16. The Morgan fingerprint density at radius 2 is 1.84 bits per heavy atom. The van der Waals surface area contributed by atoms with E-state index in [1.54, 1.807) is 13.8 Å². The van der Waals surface area contributed by atoms with Gasteiger partial charge >= 0.3 is 17.4 Å². The van der Waals surface area contributed by atoms with Crippen LogP contribution in [0.5, 0.6) is 0 Å². The Hall–Kier alpha value is -1.91. The number of thioether (sulfide) groups is 1. The molecule has 0 bridgehead atoms. The Morgan fingerprint density at radius 1 is 1.28 bits per heavy atom. The lowest BCUT2D eigenvalue weighted by molar-refractivity contribution is -0.143. The highest BCUT2D eigenvalue weighted by Crippen LogP contribution is 2.42. The molecule has 0 atom stereocenters. The summed E-state index contributed by atoms with van der Waals surface area (Å²) >= 11 is -0.0342. The lowest BCUT2D eigenvalue weighted by atomic mass is 9.96. The predicted molar refractivity (Wildman–Crippen MR) is 78.0 cm³/mol. The van der Waals surface area contributed by atoms with Crippen molar-refractivity contribution in [3.8, 4) is 0 Å². The first-order valence-corrected chi connectivity index (χ1v) is 7.62. The molecule has 140 valence electrons. The number of aromatic carboxylic acids is 1. The van der Waals surface area contributed by atoms with E-state index in [4.69, 9.17) is 0 Å². The van der Waals surface area contributed by atoms with Crippen molar-refractivity contribution in [2.45, 2.75) is 37.8 Å². The Kier molecular flexibility index (Phi) is 6.75. The molecule has 1 heterocycles. The SMILES string of the molecule is COC(=O)Sc1c(C(F)(F)F)nc(C(F)F)c(C(=O)O)c1CC(C)C. The van der Waals surface area contributed by atoms with Crippen molar-refractivity contribution in [2.24, 2.45) is 5.92 Å². The first-order chi connectivity index (χ1) is 11.4. The number of carboxylic acid groups (broad SMARTS) is 1. The van der Waals surface area contributed by atoms with Gasteiger partial charge in [-0.3, -0.25) is 0 Å². The van der Waals surface area contributed by atoms with Crippen molar-refractivity contribution in [2.75, 3.05) is 7.11 Å². The number of aromatic nitrogens is 1. The lowest BCUT2D eigenvalue weighted by Crippen LogP contribution is -2.20. The van der Waals surface area contributed by atoms with E-state index in [0.717, 1.165) is 7.11 Å². The monoisotopic (exact) mass is 387 g/mol. The van der Waals surface area contributed by atoms with Crippen LogP contribution in [0.3, 0.4) is 0 Å². The minimum Gasteiger partial charge on any atom is -0.478 e. The van der Waals surface area contributed by atoms with Crippen LogP contribution < -0.4 is 0 Å². The smallest absolute Gasteiger partial charge is 0.434 e. The number of hydrogen-bond donors (Lipinski definition) is 1. The molecule has 0 fully saturated rings. The number of carboxylic acids is 1. The van der Waals surface area contributed by atoms with Crippen molar-refractivity contribution >= 4 is 23.0 Å². The molecule has 0 spiro atoms. The van der Waals surface area contributed by atoms with Crippen LogP contribution in [0.15, 0.2) is 4.90 Å². The van der Waals surface area contributed by atoms with Gasteiger partial charge in [-0.2, -0.15) is 13.2 Å². The summed E-state index contributed by atoms with van der Waals surface area (Å²) < 4.78 is 70.4. The maximum Gasteiger partial charge on any atom is 0.434 e. The number of nitrogens with zero attached hydrogens (tertiary/aromatic N) is 1. The summed E-state index contributed by atoms with van der Waals surface area (Å²) in [6.45, 7) is 3.13. The second kappa shape index (κ2) is 7.98. The average Bonchev–Trinajstić information content (AvgIpc) is 2.45. The molecule has 0 unspecified atom stereocenters. The van der Waals surface area contributed by atoms with Crippen LogP contribution in [0.25, 0.3) is 0 Å². The van der Waals surface area contributed by atoms with Crippen LogP contribution in [0, 0.1) is 5.92 Å². The summed E-state index contributed by atoms with van der Waals surface area (Å²) in [5.74, 6) is -2.22. The topological polar surface area (TPSA) is 76.5 Å². The molecular formula is C14H14F5NO4S. The summed E-state index contributed by atoms with van der Waals surface area (Å²) in [6, 6.07) is 0. The second-order valence-electron chi connectivity index (χ2n) is 5.29. The van der Waals surface area contributed by atoms with Crippen molar-refractivity contribution in [3.05, 3.63) is 22.5 Å². The van der Waals surface area contributed by atoms with E-state index in [1.807, 2.05) is 0 Å². The van der Waals surface area contributed by atoms with Crippen molar-refractivity contribution in [3.63, 3.8) is 0 Å². The van der Waals surface area contributed by atoms with Crippen LogP contribution in [0.4, 0.5) is 26.7 Å². The van der Waals surface area contributed by atoms with E-state index >= 15 is 0 Å². The highest BCUT2D eigenvalue weighted by Gasteiger charge is 2.41. The number of halogens is 5. The fourth-order valence-corrected chi connectivity index (χ4v) is 2.88. The normalized spacial score (nSPS) is 11.9. The van der Waals surface area contributed by atoms with Crippen LogP contribution in [-0.4, -0.2) is 28.5 Å². The Labute approximate surface area is 143 Å². The van der Waals surface area contributed by atoms with Crippen molar-refractivity contribution in [1.29, 1.82) is 0 Å². The third-order valence-electron chi connectivity index (χ3n) is 2.93. The van der Waals surface area contributed by atoms with Gasteiger partial charge in [0.05, 0.1) is 17.6 Å². The van der Waals surface area contributed by atoms with Gasteiger partial charge in [0.1, 0.15) is 5.69 Å². The van der Waals surface area contributed by atoms with Crippen LogP contribution in [-0.2, 0) is 17.3 Å². The Balaban J connectivity index is 3.92. The highest BCUT2D eigenvalue weighted by molar-refractivity contribution is 8.13. The molecule has 0 aromatic carbocycles. The number of pyridine rings is 1. The molecule has 5 nitrogen and oxygen atoms in total. The molecule has 0 radical (unpaired) electrons. The van der Waals surface area contributed by atoms with E-state index in [2.05, 4.69) is 9.72 Å². The standard InChI is InChI=1S/C14H14F5NO4S/c1-5(2)4-6-7(12(21)22)8(11(15)16)20-10(14(17,18)19)9(6)25-13(23)24-3/h5,11H,4H2,1-3H3,(H,21,22). The number of rotatable bonds is 5. The predicted octanol–water partition coefficient (Wildman–Crippen LogP) is 4.79. The summed E-state index contributed by atoms with van der Waals surface area (Å²) in [5.41, 5.74) is -4.76. The highest BCUT2D eigenvalue weighted by atomic mass is 32.2. The average molecular weight is 387 g/mol. The van der Waals surface area contributed by atoms with Crippen LogP contribution in [0.2, 0.25) is 0 Å². The maximum atomic E-state index is 13.3. The van der Waals surface area contributed by atoms with E-state index in [1.165, 1.54) is 0 Å². The third-order valence-corrected chi connectivity index (χ3v) is 3.91. The molecule has 0 amide bonds. The molecule has 1 aromatic rings. The first-order valence-electron chi connectivity index (χ1n) is 6.81. The lowest BCUT2D eigenvalue weighted by Gasteiger charge is -2.20. The van der Waals surface area contributed by atoms with Gasteiger partial charge in [0.2, 0.25) is 0 Å². The molecule has 0 aliphatic rings. The zero-order valence-electron chi connectivity index (χ0n) is 13.3. The van der Waals surface area contributed by atoms with E-state index in [-0.39, 0.29) is 24.1 Å². The maximum absolute atomic E-state index is 13.3. The zero-order valence-corrected chi connectivity index (χ0v) is 14.1. The van der Waals surface area contributed by atoms with Gasteiger partial charge in [-0.25, -0.2) is 23.4 Å². The fourth-order valence-electron chi connectivity index (χ4n) is 2.06. The van der Waals surface area contributed by atoms with Gasteiger partial charge in [0.15, 0.2) is 5.69 Å². The van der Waals surface area contributed by atoms with Crippen LogP contribution in [0.1, 0.15) is 47.6 Å². The van der Waals surface area contributed by atoms with E-state index in [9.17, 15) is 36.6 Å². The number of ether oxygens (including phenoxy) is 1. The summed E-state index contributed by atoms with van der Waals surface area (Å²) in [7, 11) is 0.920. The number of methoxy groups -OCH3 is 1. The number of carbonyl (C=O) groups excluding carboxylic acids is 1. The van der Waals surface area contributed by atoms with Crippen molar-refractivity contribution in [1.82, 2.24) is 4.98 Å². The zero-order chi connectivity index (χ0) is 19.5. The largest absolute Gasteiger partial charge is 0.478 e. The van der Waals surface area contributed by atoms with Gasteiger partial charge in [-0.15, -0.1) is 0 Å². The minimum absolute atomic E-state index is 0.0342. The van der Waals surface area contributed by atoms with E-state index in [0.29, 0.717) is 0 Å². The molecule has 0 saturated heterocycles. The second-order valence-corrected chi connectivity index (χ2v) is 6.23. The number of alkyl halides is 5. The molecule has 1 aromatic heterocycles. The van der Waals surface area contributed by atoms with E-state index < -0.39 is 51.3 Å². The van der Waals surface area contributed by atoms with Gasteiger partial charge in [0.25, 0.3) is 6.43 Å². The number of hydrogen-bond acceptors (Lipinski definition) is 5. The summed E-state index contributed by atoms with van der Waals surface area (Å²) in [4.78, 5) is 24.9. The van der Waals surface area contributed by atoms with Gasteiger partial charge < -0.3 is 9.84 Å². The molecule has 11 heteroatoms. The van der Waals surface area contributed by atoms with Gasteiger partial charge in [0, 0.05) is 0 Å². The molecule has 1 N–H and O–H groups in total.